The Bertz CT molecular complexity index is 1170. The van der Waals surface area contributed by atoms with Crippen LogP contribution in [0.15, 0.2) is 47.6 Å². The summed E-state index contributed by atoms with van der Waals surface area (Å²) >= 11 is 2.79. The van der Waals surface area contributed by atoms with E-state index >= 15 is 0 Å². The zero-order chi connectivity index (χ0) is 21.1. The molecule has 1 N–H and O–H groups in total. The molecule has 9 heteroatoms. The molecule has 0 aliphatic rings. The van der Waals surface area contributed by atoms with Crippen LogP contribution < -0.4 is 10.1 Å². The lowest BCUT2D eigenvalue weighted by molar-refractivity contribution is -0.113. The highest BCUT2D eigenvalue weighted by Gasteiger charge is 2.13. The number of thiazole rings is 1. The Hall–Kier alpha value is -2.91. The van der Waals surface area contributed by atoms with Gasteiger partial charge >= 0.3 is 0 Å². The number of nitrogens with one attached hydrogen (secondary N) is 1. The molecule has 0 aliphatic heterocycles. The summed E-state index contributed by atoms with van der Waals surface area (Å²) in [6.45, 7) is 4.43. The van der Waals surface area contributed by atoms with E-state index in [0.29, 0.717) is 22.7 Å². The molecule has 2 heterocycles. The molecule has 0 bridgehead atoms. The van der Waals surface area contributed by atoms with Crippen LogP contribution >= 0.6 is 23.1 Å². The smallest absolute Gasteiger partial charge is 0.236 e. The van der Waals surface area contributed by atoms with Gasteiger partial charge in [-0.05, 0) is 49.2 Å². The predicted molar refractivity (Wildman–Crippen MR) is 120 cm³/mol. The summed E-state index contributed by atoms with van der Waals surface area (Å²) in [6, 6.07) is 13.8. The predicted octanol–water partition coefficient (Wildman–Crippen LogP) is 4.35. The third-order valence-electron chi connectivity index (χ3n) is 4.64. The maximum absolute atomic E-state index is 12.3. The molecule has 30 heavy (non-hydrogen) atoms. The first-order chi connectivity index (χ1) is 14.5. The van der Waals surface area contributed by atoms with Crippen molar-refractivity contribution in [3.63, 3.8) is 0 Å². The summed E-state index contributed by atoms with van der Waals surface area (Å²) in [4.78, 5) is 16.7. The van der Waals surface area contributed by atoms with E-state index in [4.69, 9.17) is 4.74 Å². The molecule has 0 radical (unpaired) electrons. The third kappa shape index (κ3) is 4.63. The molecule has 4 rings (SSSR count). The fraction of sp³-hybridized carbons (Fsp3) is 0.238. The lowest BCUT2D eigenvalue weighted by atomic mass is 10.1. The molecule has 0 unspecified atom stereocenters. The first-order valence-electron chi connectivity index (χ1n) is 9.36. The zero-order valence-corrected chi connectivity index (χ0v) is 18.5. The minimum atomic E-state index is -0.130. The average Bonchev–Trinajstić information content (AvgIpc) is 3.30. The van der Waals surface area contributed by atoms with Gasteiger partial charge in [0.1, 0.15) is 12.4 Å². The van der Waals surface area contributed by atoms with Gasteiger partial charge in [-0.15, -0.1) is 10.2 Å². The van der Waals surface area contributed by atoms with Crippen molar-refractivity contribution in [3.8, 4) is 5.75 Å². The summed E-state index contributed by atoms with van der Waals surface area (Å²) in [5.41, 5.74) is 3.29. The Morgan fingerprint density at radius 2 is 2.00 bits per heavy atom. The molecule has 1 amide bonds. The highest BCUT2D eigenvalue weighted by molar-refractivity contribution is 7.99. The molecule has 0 fully saturated rings. The standard InChI is InChI=1S/C21H21N5O2S2/c1-13-8-9-15(10-14(13)2)28-11-18-24-25-21(26(18)3)29-12-19(27)23-20-22-16-6-4-5-7-17(16)30-20/h4-10H,11-12H2,1-3H3,(H,22,23,27). The molecular formula is C21H21N5O2S2. The first-order valence-corrected chi connectivity index (χ1v) is 11.2. The molecule has 4 aromatic rings. The van der Waals surface area contributed by atoms with Crippen LogP contribution in [0.3, 0.4) is 0 Å². The Balaban J connectivity index is 1.32. The van der Waals surface area contributed by atoms with Crippen molar-refractivity contribution >= 4 is 44.4 Å². The SMILES string of the molecule is Cc1ccc(OCc2nnc(SCC(=O)Nc3nc4ccccc4s3)n2C)cc1C. The van der Waals surface area contributed by atoms with Crippen molar-refractivity contribution < 1.29 is 9.53 Å². The Morgan fingerprint density at radius 3 is 2.80 bits per heavy atom. The van der Waals surface area contributed by atoms with Crippen molar-refractivity contribution in [2.24, 2.45) is 7.05 Å². The topological polar surface area (TPSA) is 81.9 Å². The minimum Gasteiger partial charge on any atom is -0.486 e. The van der Waals surface area contributed by atoms with E-state index in [2.05, 4.69) is 34.3 Å². The second-order valence-corrected chi connectivity index (χ2v) is 8.79. The van der Waals surface area contributed by atoms with Gasteiger partial charge in [0.25, 0.3) is 0 Å². The molecule has 0 saturated heterocycles. The molecule has 0 saturated carbocycles. The van der Waals surface area contributed by atoms with Crippen LogP contribution in [-0.4, -0.2) is 31.4 Å². The second kappa shape index (κ2) is 8.85. The summed E-state index contributed by atoms with van der Waals surface area (Å²) < 4.78 is 8.72. The summed E-state index contributed by atoms with van der Waals surface area (Å²) in [5, 5.41) is 12.5. The van der Waals surface area contributed by atoms with Crippen LogP contribution in [0.4, 0.5) is 5.13 Å². The van der Waals surface area contributed by atoms with E-state index in [1.165, 1.54) is 34.2 Å². The molecule has 2 aromatic carbocycles. The number of thioether (sulfide) groups is 1. The van der Waals surface area contributed by atoms with E-state index in [1.807, 2.05) is 54.1 Å². The second-order valence-electron chi connectivity index (χ2n) is 6.82. The zero-order valence-electron chi connectivity index (χ0n) is 16.9. The highest BCUT2D eigenvalue weighted by atomic mass is 32.2. The highest BCUT2D eigenvalue weighted by Crippen LogP contribution is 2.26. The number of fused-ring (bicyclic) bond motifs is 1. The number of carbonyl (C=O) groups is 1. The fourth-order valence-corrected chi connectivity index (χ4v) is 4.37. The van der Waals surface area contributed by atoms with Crippen molar-refractivity contribution in [1.29, 1.82) is 0 Å². The van der Waals surface area contributed by atoms with Crippen molar-refractivity contribution in [1.82, 2.24) is 19.7 Å². The van der Waals surface area contributed by atoms with E-state index in [0.717, 1.165) is 16.0 Å². The van der Waals surface area contributed by atoms with Gasteiger partial charge in [0.05, 0.1) is 16.0 Å². The van der Waals surface area contributed by atoms with E-state index in [-0.39, 0.29) is 11.7 Å². The first kappa shape index (κ1) is 20.4. The van der Waals surface area contributed by atoms with Gasteiger partial charge in [0.15, 0.2) is 16.1 Å². The molecule has 0 atom stereocenters. The van der Waals surface area contributed by atoms with Gasteiger partial charge in [-0.25, -0.2) is 4.98 Å². The normalized spacial score (nSPS) is 11.0. The lowest BCUT2D eigenvalue weighted by Gasteiger charge is -2.08. The number of benzene rings is 2. The lowest BCUT2D eigenvalue weighted by Crippen LogP contribution is -2.14. The molecule has 7 nitrogen and oxygen atoms in total. The average molecular weight is 440 g/mol. The fourth-order valence-electron chi connectivity index (χ4n) is 2.76. The van der Waals surface area contributed by atoms with Gasteiger partial charge in [0, 0.05) is 7.05 Å². The number of aromatic nitrogens is 4. The van der Waals surface area contributed by atoms with Crippen LogP contribution in [-0.2, 0) is 18.4 Å². The van der Waals surface area contributed by atoms with Crippen LogP contribution in [0.5, 0.6) is 5.75 Å². The number of para-hydroxylation sites is 1. The molecule has 0 spiro atoms. The number of rotatable bonds is 7. The summed E-state index contributed by atoms with van der Waals surface area (Å²) in [5.74, 6) is 1.59. The van der Waals surface area contributed by atoms with Crippen molar-refractivity contribution in [2.75, 3.05) is 11.1 Å². The number of anilines is 1. The number of hydrogen-bond acceptors (Lipinski definition) is 7. The van der Waals surface area contributed by atoms with Gasteiger partial charge < -0.3 is 14.6 Å². The van der Waals surface area contributed by atoms with Crippen LogP contribution in [0, 0.1) is 13.8 Å². The number of amides is 1. The number of carbonyl (C=O) groups excluding carboxylic acids is 1. The third-order valence-corrected chi connectivity index (χ3v) is 6.62. The molecule has 2 aromatic heterocycles. The van der Waals surface area contributed by atoms with E-state index < -0.39 is 0 Å². The largest absolute Gasteiger partial charge is 0.486 e. The van der Waals surface area contributed by atoms with Gasteiger partial charge in [-0.2, -0.15) is 0 Å². The number of aryl methyl sites for hydroxylation is 2. The summed E-state index contributed by atoms with van der Waals surface area (Å²) in [7, 11) is 1.87. The molecule has 154 valence electrons. The van der Waals surface area contributed by atoms with Crippen molar-refractivity contribution in [3.05, 3.63) is 59.4 Å². The van der Waals surface area contributed by atoms with E-state index in [1.54, 1.807) is 0 Å². The minimum absolute atomic E-state index is 0.130. The summed E-state index contributed by atoms with van der Waals surface area (Å²) in [6.07, 6.45) is 0. The number of ether oxygens (including phenoxy) is 1. The van der Waals surface area contributed by atoms with Gasteiger partial charge in [-0.3, -0.25) is 4.79 Å². The number of nitrogens with zero attached hydrogens (tertiary/aromatic N) is 4. The number of hydrogen-bond donors (Lipinski definition) is 1. The Kier molecular flexibility index (Phi) is 6.01. The van der Waals surface area contributed by atoms with Gasteiger partial charge in [-0.1, -0.05) is 41.3 Å². The van der Waals surface area contributed by atoms with Crippen LogP contribution in [0.25, 0.3) is 10.2 Å². The maximum Gasteiger partial charge on any atom is 0.236 e. The monoisotopic (exact) mass is 439 g/mol. The quantitative estimate of drug-likeness (QED) is 0.431. The molecule has 0 aliphatic carbocycles. The van der Waals surface area contributed by atoms with Crippen LogP contribution in [0.1, 0.15) is 17.0 Å². The molecular weight excluding hydrogens is 418 g/mol. The maximum atomic E-state index is 12.3. The van der Waals surface area contributed by atoms with Gasteiger partial charge in [0.2, 0.25) is 5.91 Å². The Morgan fingerprint density at radius 1 is 1.17 bits per heavy atom. The van der Waals surface area contributed by atoms with Crippen LogP contribution in [0.2, 0.25) is 0 Å². The Labute approximate surface area is 182 Å². The van der Waals surface area contributed by atoms with E-state index in [9.17, 15) is 4.79 Å². The van der Waals surface area contributed by atoms with Crippen molar-refractivity contribution in [2.45, 2.75) is 25.6 Å².